The van der Waals surface area contributed by atoms with Gasteiger partial charge in [0, 0.05) is 6.92 Å². The molecule has 0 aliphatic carbocycles. The smallest absolute Gasteiger partial charge is 0.302 e. The zero-order valence-corrected chi connectivity index (χ0v) is 7.72. The Labute approximate surface area is 68.9 Å². The average Bonchev–Trinajstić information content (AvgIpc) is 1.87. The predicted molar refractivity (Wildman–Crippen MR) is 45.4 cm³/mol. The molecule has 0 amide bonds. The van der Waals surface area contributed by atoms with Gasteiger partial charge in [0.05, 0.1) is 0 Å². The highest BCUT2D eigenvalue weighted by molar-refractivity contribution is 5.66. The molecule has 0 aromatic rings. The lowest BCUT2D eigenvalue weighted by Crippen LogP contribution is -2.15. The second-order valence-electron chi connectivity index (χ2n) is 2.81. The fourth-order valence-electron chi connectivity index (χ4n) is 1.14. The SMILES string of the molecule is CCC[13CH](CCC)OC(C)=O. The first-order valence-corrected chi connectivity index (χ1v) is 4.37. The quantitative estimate of drug-likeness (QED) is 0.455. The van der Waals surface area contributed by atoms with Crippen molar-refractivity contribution in [2.75, 3.05) is 0 Å². The van der Waals surface area contributed by atoms with Crippen molar-refractivity contribution in [3.63, 3.8) is 0 Å². The standard InChI is InChI=1S/C9H18O2/c1-4-6-9(7-5-2)11-8(3)10/h9H,4-7H2,1-3H3/i9+1. The van der Waals surface area contributed by atoms with Gasteiger partial charge in [-0.25, -0.2) is 0 Å². The Morgan fingerprint density at radius 3 is 2.00 bits per heavy atom. The minimum absolute atomic E-state index is 0.155. The summed E-state index contributed by atoms with van der Waals surface area (Å²) in [6.07, 6.45) is 4.30. The molecule has 0 aliphatic heterocycles. The van der Waals surface area contributed by atoms with E-state index in [0.29, 0.717) is 0 Å². The molecule has 2 heteroatoms. The highest BCUT2D eigenvalue weighted by Crippen LogP contribution is 2.08. The lowest BCUT2D eigenvalue weighted by atomic mass is 10.3. The van der Waals surface area contributed by atoms with Gasteiger partial charge in [0.1, 0.15) is 6.10 Å². The Kier molecular flexibility index (Phi) is 5.90. The van der Waals surface area contributed by atoms with E-state index >= 15 is 0 Å². The zero-order valence-electron chi connectivity index (χ0n) is 7.72. The van der Waals surface area contributed by atoms with Crippen LogP contribution in [0.15, 0.2) is 0 Å². The zero-order chi connectivity index (χ0) is 8.69. The highest BCUT2D eigenvalue weighted by Gasteiger charge is 2.08. The van der Waals surface area contributed by atoms with Crippen LogP contribution in [-0.4, -0.2) is 12.1 Å². The maximum Gasteiger partial charge on any atom is 0.302 e. The van der Waals surface area contributed by atoms with Gasteiger partial charge in [0.25, 0.3) is 0 Å². The van der Waals surface area contributed by atoms with E-state index in [2.05, 4.69) is 13.8 Å². The van der Waals surface area contributed by atoms with E-state index in [4.69, 9.17) is 4.74 Å². The number of carbonyl (C=O) groups excluding carboxylic acids is 1. The molecule has 0 saturated carbocycles. The van der Waals surface area contributed by atoms with Crippen LogP contribution in [0.1, 0.15) is 46.5 Å². The minimum atomic E-state index is -0.156. The molecule has 2 nitrogen and oxygen atoms in total. The van der Waals surface area contributed by atoms with Crippen LogP contribution in [0.25, 0.3) is 0 Å². The molecule has 0 fully saturated rings. The van der Waals surface area contributed by atoms with Crippen LogP contribution in [0.2, 0.25) is 0 Å². The normalized spacial score (nSPS) is 10.2. The second kappa shape index (κ2) is 6.20. The van der Waals surface area contributed by atoms with E-state index in [0.717, 1.165) is 25.7 Å². The van der Waals surface area contributed by atoms with Crippen molar-refractivity contribution in [1.29, 1.82) is 0 Å². The van der Waals surface area contributed by atoms with Crippen LogP contribution in [0.3, 0.4) is 0 Å². The topological polar surface area (TPSA) is 26.3 Å². The first-order chi connectivity index (χ1) is 5.20. The largest absolute Gasteiger partial charge is 0.463 e. The molecule has 0 aromatic carbocycles. The fourth-order valence-corrected chi connectivity index (χ4v) is 1.14. The van der Waals surface area contributed by atoms with Gasteiger partial charge in [0.15, 0.2) is 0 Å². The van der Waals surface area contributed by atoms with Gasteiger partial charge in [-0.3, -0.25) is 4.79 Å². The maximum atomic E-state index is 10.6. The number of carbonyl (C=O) groups is 1. The van der Waals surface area contributed by atoms with E-state index in [1.54, 1.807) is 0 Å². The van der Waals surface area contributed by atoms with Gasteiger partial charge in [-0.15, -0.1) is 0 Å². The van der Waals surface area contributed by atoms with Crippen LogP contribution in [0, 0.1) is 0 Å². The van der Waals surface area contributed by atoms with E-state index in [1.165, 1.54) is 6.92 Å². The molecule has 0 heterocycles. The molecule has 0 saturated heterocycles. The summed E-state index contributed by atoms with van der Waals surface area (Å²) < 4.78 is 5.09. The molecule has 0 unspecified atom stereocenters. The number of hydrogen-bond donors (Lipinski definition) is 0. The van der Waals surface area contributed by atoms with Crippen molar-refractivity contribution in [2.45, 2.75) is 52.6 Å². The van der Waals surface area contributed by atoms with Crippen LogP contribution >= 0.6 is 0 Å². The number of ether oxygens (including phenoxy) is 1. The molecule has 0 spiro atoms. The Morgan fingerprint density at radius 1 is 1.27 bits per heavy atom. The molecule has 0 radical (unpaired) electrons. The second-order valence-corrected chi connectivity index (χ2v) is 2.81. The third-order valence-corrected chi connectivity index (χ3v) is 1.55. The molecule has 0 N–H and O–H groups in total. The Bertz CT molecular complexity index is 104. The van der Waals surface area contributed by atoms with Crippen molar-refractivity contribution < 1.29 is 9.53 Å². The van der Waals surface area contributed by atoms with Crippen molar-refractivity contribution in [3.05, 3.63) is 0 Å². The fraction of sp³-hybridized carbons (Fsp3) is 0.889. The van der Waals surface area contributed by atoms with Gasteiger partial charge < -0.3 is 4.74 Å². The van der Waals surface area contributed by atoms with E-state index < -0.39 is 0 Å². The van der Waals surface area contributed by atoms with E-state index in [-0.39, 0.29) is 12.1 Å². The lowest BCUT2D eigenvalue weighted by Gasteiger charge is -2.14. The summed E-state index contributed by atoms with van der Waals surface area (Å²) in [5, 5.41) is 0. The van der Waals surface area contributed by atoms with Gasteiger partial charge in [0.2, 0.25) is 0 Å². The summed E-state index contributed by atoms with van der Waals surface area (Å²) in [4.78, 5) is 10.6. The lowest BCUT2D eigenvalue weighted by molar-refractivity contribution is -0.146. The summed E-state index contributed by atoms with van der Waals surface area (Å²) in [5.41, 5.74) is 0. The molecular weight excluding hydrogens is 141 g/mol. The Hall–Kier alpha value is -0.530. The van der Waals surface area contributed by atoms with Crippen LogP contribution in [0.4, 0.5) is 0 Å². The Balaban J connectivity index is 3.59. The van der Waals surface area contributed by atoms with Crippen LogP contribution in [-0.2, 0) is 9.53 Å². The van der Waals surface area contributed by atoms with E-state index in [1.807, 2.05) is 0 Å². The summed E-state index contributed by atoms with van der Waals surface area (Å²) in [6, 6.07) is 0. The van der Waals surface area contributed by atoms with Crippen molar-refractivity contribution >= 4 is 5.97 Å². The predicted octanol–water partition coefficient (Wildman–Crippen LogP) is 2.52. The number of rotatable bonds is 5. The molecular formula is C9H18O2. The summed E-state index contributed by atoms with van der Waals surface area (Å²) >= 11 is 0. The first kappa shape index (κ1) is 10.5. The Morgan fingerprint density at radius 2 is 1.73 bits per heavy atom. The summed E-state index contributed by atoms with van der Waals surface area (Å²) in [7, 11) is 0. The molecule has 0 aliphatic rings. The molecule has 0 rings (SSSR count). The van der Waals surface area contributed by atoms with Crippen molar-refractivity contribution in [2.24, 2.45) is 0 Å². The van der Waals surface area contributed by atoms with Gasteiger partial charge in [-0.2, -0.15) is 0 Å². The monoisotopic (exact) mass is 159 g/mol. The molecule has 0 aromatic heterocycles. The third-order valence-electron chi connectivity index (χ3n) is 1.55. The van der Waals surface area contributed by atoms with E-state index in [9.17, 15) is 4.79 Å². The summed E-state index contributed by atoms with van der Waals surface area (Å²) in [6.45, 7) is 5.68. The third kappa shape index (κ3) is 5.89. The number of esters is 1. The summed E-state index contributed by atoms with van der Waals surface area (Å²) in [5.74, 6) is -0.156. The van der Waals surface area contributed by atoms with Crippen LogP contribution < -0.4 is 0 Å². The molecule has 0 atom stereocenters. The van der Waals surface area contributed by atoms with Gasteiger partial charge in [-0.1, -0.05) is 26.7 Å². The molecule has 11 heavy (non-hydrogen) atoms. The highest BCUT2D eigenvalue weighted by atomic mass is 16.6. The molecule has 0 bridgehead atoms. The maximum absolute atomic E-state index is 10.6. The van der Waals surface area contributed by atoms with Gasteiger partial charge in [-0.05, 0) is 12.8 Å². The first-order valence-electron chi connectivity index (χ1n) is 4.37. The van der Waals surface area contributed by atoms with Gasteiger partial charge >= 0.3 is 5.97 Å². The van der Waals surface area contributed by atoms with Crippen molar-refractivity contribution in [1.82, 2.24) is 0 Å². The van der Waals surface area contributed by atoms with Crippen LogP contribution in [0.5, 0.6) is 0 Å². The average molecular weight is 159 g/mol. The number of hydrogen-bond acceptors (Lipinski definition) is 2. The molecule has 66 valence electrons. The van der Waals surface area contributed by atoms with Crippen molar-refractivity contribution in [3.8, 4) is 0 Å². The minimum Gasteiger partial charge on any atom is -0.463 e.